The van der Waals surface area contributed by atoms with E-state index in [1.54, 1.807) is 17.3 Å². The van der Waals surface area contributed by atoms with Gasteiger partial charge in [0.05, 0.1) is 19.4 Å². The first kappa shape index (κ1) is 20.3. The summed E-state index contributed by atoms with van der Waals surface area (Å²) in [5, 5.41) is 0. The molecule has 0 spiro atoms. The number of amides is 1. The second-order valence-electron chi connectivity index (χ2n) is 7.02. The third-order valence-corrected chi connectivity index (χ3v) is 5.65. The zero-order chi connectivity index (χ0) is 20.1. The van der Waals surface area contributed by atoms with Crippen LogP contribution in [0.4, 0.5) is 4.79 Å². The minimum atomic E-state index is -3.39. The molecular formula is C20H25N3O4S. The highest BCUT2D eigenvalue weighted by Gasteiger charge is 2.36. The minimum Gasteiger partial charge on any atom is -0.453 e. The molecule has 0 aliphatic carbocycles. The van der Waals surface area contributed by atoms with E-state index in [-0.39, 0.29) is 12.1 Å². The van der Waals surface area contributed by atoms with Crippen LogP contribution in [0.2, 0.25) is 0 Å². The number of nitrogens with one attached hydrogen (secondary N) is 1. The molecule has 3 rings (SSSR count). The number of hydrogen-bond donors (Lipinski definition) is 1. The molecule has 150 valence electrons. The number of benzene rings is 1. The first-order valence-corrected chi connectivity index (χ1v) is 11.1. The van der Waals surface area contributed by atoms with Crippen LogP contribution in [-0.2, 0) is 21.2 Å². The Balaban J connectivity index is 1.89. The molecule has 28 heavy (non-hydrogen) atoms. The van der Waals surface area contributed by atoms with Gasteiger partial charge in [0, 0.05) is 25.0 Å². The summed E-state index contributed by atoms with van der Waals surface area (Å²) in [5.41, 5.74) is 3.05. The molecule has 1 fully saturated rings. The van der Waals surface area contributed by atoms with Crippen molar-refractivity contribution in [3.8, 4) is 11.1 Å². The number of nitrogens with zero attached hydrogens (tertiary/aromatic N) is 2. The van der Waals surface area contributed by atoms with Gasteiger partial charge in [0.15, 0.2) is 0 Å². The lowest BCUT2D eigenvalue weighted by molar-refractivity contribution is 0.0792. The number of methoxy groups -OCH3 is 1. The highest BCUT2D eigenvalue weighted by molar-refractivity contribution is 7.88. The molecule has 1 amide bonds. The van der Waals surface area contributed by atoms with Crippen molar-refractivity contribution in [1.82, 2.24) is 14.6 Å². The maximum atomic E-state index is 12.3. The fraction of sp³-hybridized carbons (Fsp3) is 0.400. The molecule has 1 aromatic heterocycles. The average molecular weight is 404 g/mol. The molecule has 1 saturated heterocycles. The van der Waals surface area contributed by atoms with Gasteiger partial charge in [-0.05, 0) is 42.0 Å². The fourth-order valence-corrected chi connectivity index (χ4v) is 4.54. The van der Waals surface area contributed by atoms with Gasteiger partial charge in [-0.2, -0.15) is 0 Å². The summed E-state index contributed by atoms with van der Waals surface area (Å²) in [6.45, 7) is 0.543. The number of aromatic nitrogens is 1. The predicted octanol–water partition coefficient (Wildman–Crippen LogP) is 2.44. The summed E-state index contributed by atoms with van der Waals surface area (Å²) in [5.74, 6) is 0. The van der Waals surface area contributed by atoms with Crippen molar-refractivity contribution in [2.45, 2.75) is 31.3 Å². The van der Waals surface area contributed by atoms with Crippen LogP contribution in [0, 0.1) is 0 Å². The molecular weight excluding hydrogens is 378 g/mol. The lowest BCUT2D eigenvalue weighted by Crippen LogP contribution is -2.57. The highest BCUT2D eigenvalue weighted by atomic mass is 32.2. The molecule has 1 N–H and O–H groups in total. The molecule has 1 aliphatic rings. The Morgan fingerprint density at radius 2 is 2.07 bits per heavy atom. The zero-order valence-electron chi connectivity index (χ0n) is 16.0. The monoisotopic (exact) mass is 403 g/mol. The van der Waals surface area contributed by atoms with E-state index in [1.807, 2.05) is 30.3 Å². The maximum absolute atomic E-state index is 12.3. The van der Waals surface area contributed by atoms with Crippen LogP contribution in [0.3, 0.4) is 0 Å². The van der Waals surface area contributed by atoms with E-state index in [1.165, 1.54) is 7.11 Å². The summed E-state index contributed by atoms with van der Waals surface area (Å²) in [6.07, 6.45) is 6.15. The van der Waals surface area contributed by atoms with Gasteiger partial charge in [-0.25, -0.2) is 17.9 Å². The third kappa shape index (κ3) is 5.08. The molecule has 2 aromatic rings. The summed E-state index contributed by atoms with van der Waals surface area (Å²) in [7, 11) is -2.05. The number of carbonyl (C=O) groups excluding carboxylic acids is 1. The Bertz CT molecular complexity index is 918. The summed E-state index contributed by atoms with van der Waals surface area (Å²) < 4.78 is 31.3. The van der Waals surface area contributed by atoms with E-state index >= 15 is 0 Å². The first-order valence-electron chi connectivity index (χ1n) is 9.18. The second-order valence-corrected chi connectivity index (χ2v) is 8.80. The van der Waals surface area contributed by atoms with E-state index < -0.39 is 16.1 Å². The number of ether oxygens (including phenoxy) is 1. The number of rotatable bonds is 5. The molecule has 2 heterocycles. The Morgan fingerprint density at radius 3 is 2.75 bits per heavy atom. The molecule has 1 aliphatic heterocycles. The van der Waals surface area contributed by atoms with Crippen molar-refractivity contribution in [3.63, 3.8) is 0 Å². The summed E-state index contributed by atoms with van der Waals surface area (Å²) in [4.78, 5) is 18.1. The third-order valence-electron chi connectivity index (χ3n) is 4.92. The molecule has 0 unspecified atom stereocenters. The lowest BCUT2D eigenvalue weighted by atomic mass is 9.91. The number of carbonyl (C=O) groups is 1. The van der Waals surface area contributed by atoms with Crippen LogP contribution >= 0.6 is 0 Å². The van der Waals surface area contributed by atoms with Gasteiger partial charge < -0.3 is 9.64 Å². The van der Waals surface area contributed by atoms with Gasteiger partial charge in [0.25, 0.3) is 0 Å². The molecule has 0 bridgehead atoms. The van der Waals surface area contributed by atoms with Gasteiger partial charge >= 0.3 is 6.09 Å². The van der Waals surface area contributed by atoms with E-state index in [2.05, 4.69) is 15.8 Å². The molecule has 7 nitrogen and oxygen atoms in total. The van der Waals surface area contributed by atoms with Crippen molar-refractivity contribution in [2.75, 3.05) is 19.9 Å². The number of sulfonamides is 1. The molecule has 1 aromatic carbocycles. The molecule has 2 atom stereocenters. The fourth-order valence-electron chi connectivity index (χ4n) is 3.72. The largest absolute Gasteiger partial charge is 0.453 e. The number of pyridine rings is 1. The van der Waals surface area contributed by atoms with E-state index in [9.17, 15) is 13.2 Å². The lowest BCUT2D eigenvalue weighted by Gasteiger charge is -2.40. The SMILES string of the molecule is COC(=O)N1CCC[C@@H](NS(C)(=O)=O)[C@H]1Cc1cccc(-c2cccnc2)c1. The molecule has 0 saturated carbocycles. The van der Waals surface area contributed by atoms with Crippen molar-refractivity contribution >= 4 is 16.1 Å². The molecule has 8 heteroatoms. The smallest absolute Gasteiger partial charge is 0.409 e. The van der Waals surface area contributed by atoms with Crippen molar-refractivity contribution in [2.24, 2.45) is 0 Å². The Kier molecular flexibility index (Phi) is 6.31. The van der Waals surface area contributed by atoms with Gasteiger partial charge in [0.2, 0.25) is 10.0 Å². The average Bonchev–Trinajstić information content (AvgIpc) is 2.68. The van der Waals surface area contributed by atoms with Gasteiger partial charge in [-0.1, -0.05) is 30.3 Å². The number of hydrogen-bond acceptors (Lipinski definition) is 5. The Hall–Kier alpha value is -2.45. The quantitative estimate of drug-likeness (QED) is 0.828. The highest BCUT2D eigenvalue weighted by Crippen LogP contribution is 2.25. The number of piperidine rings is 1. The van der Waals surface area contributed by atoms with Crippen LogP contribution in [0.25, 0.3) is 11.1 Å². The van der Waals surface area contributed by atoms with Crippen LogP contribution in [0.1, 0.15) is 18.4 Å². The standard InChI is InChI=1S/C20H25N3O4S/c1-27-20(24)23-11-5-9-18(22-28(2,25)26)19(23)13-15-6-3-7-16(12-15)17-8-4-10-21-14-17/h3-4,6-8,10,12,14,18-19,22H,5,9,11,13H2,1-2H3/t18-,19-/m1/s1. The maximum Gasteiger partial charge on any atom is 0.409 e. The summed E-state index contributed by atoms with van der Waals surface area (Å²) >= 11 is 0. The summed E-state index contributed by atoms with van der Waals surface area (Å²) in [6, 6.07) is 11.2. The Morgan fingerprint density at radius 1 is 1.29 bits per heavy atom. The van der Waals surface area contributed by atoms with Crippen molar-refractivity contribution in [3.05, 3.63) is 54.4 Å². The number of likely N-dealkylation sites (tertiary alicyclic amines) is 1. The topological polar surface area (TPSA) is 88.6 Å². The molecule has 0 radical (unpaired) electrons. The minimum absolute atomic E-state index is 0.319. The van der Waals surface area contributed by atoms with Crippen molar-refractivity contribution in [1.29, 1.82) is 0 Å². The van der Waals surface area contributed by atoms with E-state index in [0.29, 0.717) is 25.8 Å². The normalized spacial score (nSPS) is 20.0. The second kappa shape index (κ2) is 8.70. The van der Waals surface area contributed by atoms with Crippen LogP contribution < -0.4 is 4.72 Å². The first-order chi connectivity index (χ1) is 13.4. The predicted molar refractivity (Wildman–Crippen MR) is 107 cm³/mol. The zero-order valence-corrected chi connectivity index (χ0v) is 16.9. The van der Waals surface area contributed by atoms with Crippen LogP contribution in [0.5, 0.6) is 0 Å². The van der Waals surface area contributed by atoms with Crippen molar-refractivity contribution < 1.29 is 17.9 Å². The Labute approximate surface area is 165 Å². The van der Waals surface area contributed by atoms with E-state index in [4.69, 9.17) is 4.74 Å². The van der Waals surface area contributed by atoms with Gasteiger partial charge in [-0.15, -0.1) is 0 Å². The van der Waals surface area contributed by atoms with Crippen LogP contribution in [0.15, 0.2) is 48.8 Å². The van der Waals surface area contributed by atoms with E-state index in [0.717, 1.165) is 22.9 Å². The van der Waals surface area contributed by atoms with Gasteiger partial charge in [-0.3, -0.25) is 4.98 Å². The van der Waals surface area contributed by atoms with Gasteiger partial charge in [0.1, 0.15) is 0 Å². The van der Waals surface area contributed by atoms with Crippen LogP contribution in [-0.4, -0.2) is 56.4 Å².